The number of ether oxygens (including phenoxy) is 2. The first kappa shape index (κ1) is 19.3. The number of rotatable bonds is 9. The number of nitrogens with two attached hydrogens (primary N) is 1. The number of hydrogen-bond acceptors (Lipinski definition) is 5. The maximum Gasteiger partial charge on any atom is 0.323 e. The van der Waals surface area contributed by atoms with Crippen LogP contribution < -0.4 is 20.5 Å². The van der Waals surface area contributed by atoms with Gasteiger partial charge in [0.1, 0.15) is 5.54 Å². The number of hydrogen-bond donors (Lipinski definition) is 3. The molecule has 1 aliphatic heterocycles. The summed E-state index contributed by atoms with van der Waals surface area (Å²) in [5, 5.41) is 13.6. The van der Waals surface area contributed by atoms with E-state index in [0.717, 1.165) is 31.2 Å². The number of unbranched alkanes of at least 4 members (excludes halogenated alkanes) is 1. The monoisotopic (exact) mass is 378 g/mol. The molecular formula is C18H24BClN2O4. The van der Waals surface area contributed by atoms with Crippen LogP contribution in [0.15, 0.2) is 12.1 Å². The van der Waals surface area contributed by atoms with Crippen LogP contribution in [0.3, 0.4) is 0 Å². The molecule has 1 unspecified atom stereocenters. The van der Waals surface area contributed by atoms with Crippen LogP contribution >= 0.6 is 11.6 Å². The molecule has 140 valence electrons. The van der Waals surface area contributed by atoms with Gasteiger partial charge in [0.05, 0.1) is 7.85 Å². The number of carboxylic acids is 1. The highest BCUT2D eigenvalue weighted by Crippen LogP contribution is 2.40. The molecule has 1 fully saturated rings. The minimum Gasteiger partial charge on any atom is -0.480 e. The van der Waals surface area contributed by atoms with Crippen LogP contribution in [0.1, 0.15) is 37.7 Å². The van der Waals surface area contributed by atoms with Gasteiger partial charge in [0.15, 0.2) is 11.5 Å². The van der Waals surface area contributed by atoms with Gasteiger partial charge in [-0.15, -0.1) is 0 Å². The fraction of sp³-hybridized carbons (Fsp3) is 0.611. The predicted octanol–water partition coefficient (Wildman–Crippen LogP) is 2.48. The summed E-state index contributed by atoms with van der Waals surface area (Å²) in [4.78, 5) is 11.7. The number of fused-ring (bicyclic) bond motifs is 1. The molecule has 1 aromatic rings. The number of nitrogens with one attached hydrogen (secondary N) is 1. The summed E-state index contributed by atoms with van der Waals surface area (Å²) in [5.41, 5.74) is 5.99. The minimum atomic E-state index is -1.16. The summed E-state index contributed by atoms with van der Waals surface area (Å²) >= 11 is 6.28. The van der Waals surface area contributed by atoms with E-state index in [1.807, 2.05) is 6.07 Å². The van der Waals surface area contributed by atoms with Gasteiger partial charge in [-0.25, -0.2) is 0 Å². The number of carbonyl (C=O) groups is 1. The number of aliphatic carboxylic acids is 1. The molecule has 4 N–H and O–H groups in total. The highest BCUT2D eigenvalue weighted by Gasteiger charge is 2.47. The van der Waals surface area contributed by atoms with Crippen LogP contribution in [0.2, 0.25) is 11.3 Å². The van der Waals surface area contributed by atoms with Crippen LogP contribution in [0.25, 0.3) is 0 Å². The highest BCUT2D eigenvalue weighted by atomic mass is 35.5. The Morgan fingerprint density at radius 3 is 2.69 bits per heavy atom. The average molecular weight is 379 g/mol. The summed E-state index contributed by atoms with van der Waals surface area (Å²) in [7, 11) is 5.49. The Morgan fingerprint density at radius 1 is 1.35 bits per heavy atom. The van der Waals surface area contributed by atoms with Gasteiger partial charge >= 0.3 is 5.97 Å². The lowest BCUT2D eigenvalue weighted by Crippen LogP contribution is -2.61. The molecule has 0 spiro atoms. The smallest absolute Gasteiger partial charge is 0.323 e. The van der Waals surface area contributed by atoms with Gasteiger partial charge in [-0.2, -0.15) is 0 Å². The lowest BCUT2D eigenvalue weighted by molar-refractivity contribution is -0.148. The lowest BCUT2D eigenvalue weighted by Gasteiger charge is -2.45. The average Bonchev–Trinajstić information content (AvgIpc) is 3.00. The molecule has 0 bridgehead atoms. The third kappa shape index (κ3) is 3.95. The second-order valence-electron chi connectivity index (χ2n) is 7.13. The topological polar surface area (TPSA) is 93.8 Å². The fourth-order valence-corrected chi connectivity index (χ4v) is 3.82. The largest absolute Gasteiger partial charge is 0.480 e. The first-order chi connectivity index (χ1) is 12.4. The van der Waals surface area contributed by atoms with Crippen LogP contribution in [0.5, 0.6) is 11.5 Å². The van der Waals surface area contributed by atoms with Crippen molar-refractivity contribution >= 4 is 25.4 Å². The molecule has 8 heteroatoms. The molecular weight excluding hydrogens is 354 g/mol. The van der Waals surface area contributed by atoms with Crippen molar-refractivity contribution in [3.05, 3.63) is 22.7 Å². The van der Waals surface area contributed by atoms with Crippen molar-refractivity contribution < 1.29 is 19.4 Å². The van der Waals surface area contributed by atoms with Gasteiger partial charge < -0.3 is 25.6 Å². The van der Waals surface area contributed by atoms with E-state index in [2.05, 4.69) is 5.32 Å². The summed E-state index contributed by atoms with van der Waals surface area (Å²) in [6.07, 6.45) is 4.04. The Kier molecular flexibility index (Phi) is 6.00. The van der Waals surface area contributed by atoms with Crippen LogP contribution in [0, 0.1) is 5.92 Å². The van der Waals surface area contributed by atoms with Crippen LogP contribution in [-0.4, -0.2) is 37.3 Å². The van der Waals surface area contributed by atoms with E-state index >= 15 is 0 Å². The van der Waals surface area contributed by atoms with E-state index < -0.39 is 11.5 Å². The Morgan fingerprint density at radius 2 is 2.04 bits per heavy atom. The van der Waals surface area contributed by atoms with Gasteiger partial charge in [0, 0.05) is 23.7 Å². The molecule has 0 aromatic heterocycles. The van der Waals surface area contributed by atoms with E-state index in [4.69, 9.17) is 34.7 Å². The molecule has 1 atom stereocenters. The van der Waals surface area contributed by atoms with E-state index in [0.29, 0.717) is 35.8 Å². The van der Waals surface area contributed by atoms with Crippen molar-refractivity contribution in [3.8, 4) is 11.5 Å². The number of halogens is 1. The Labute approximate surface area is 159 Å². The maximum atomic E-state index is 11.7. The molecule has 6 nitrogen and oxygen atoms in total. The standard InChI is InChI=1S/C18H24BClN2O4/c19-4-2-1-3-18(21,17(23)24)12-6-13(7-12)22-9-11-5-15-16(8-14(11)20)26-10-25-15/h5,8,12-13,22H,1-4,6-7,9-10,21H2,(H,23,24). The van der Waals surface area contributed by atoms with E-state index in [1.54, 1.807) is 6.07 Å². The summed E-state index contributed by atoms with van der Waals surface area (Å²) < 4.78 is 10.7. The molecule has 3 rings (SSSR count). The van der Waals surface area contributed by atoms with Crippen molar-refractivity contribution in [2.75, 3.05) is 6.79 Å². The quantitative estimate of drug-likeness (QED) is 0.451. The van der Waals surface area contributed by atoms with Crippen LogP contribution in [-0.2, 0) is 11.3 Å². The number of carboxylic acid groups (broad SMARTS) is 1. The Hall–Kier alpha value is -1.44. The van der Waals surface area contributed by atoms with Crippen molar-refractivity contribution in [2.45, 2.75) is 56.5 Å². The zero-order chi connectivity index (χ0) is 18.7. The zero-order valence-electron chi connectivity index (χ0n) is 14.7. The van der Waals surface area contributed by atoms with Gasteiger partial charge in [-0.05, 0) is 36.8 Å². The van der Waals surface area contributed by atoms with E-state index in [-0.39, 0.29) is 18.8 Å². The molecule has 2 radical (unpaired) electrons. The molecule has 0 saturated heterocycles. The van der Waals surface area contributed by atoms with E-state index in [1.165, 1.54) is 0 Å². The molecule has 2 aliphatic rings. The SMILES string of the molecule is [B]CCCCC(N)(C(=O)O)C1CC(NCc2cc3c(cc2Cl)OCO3)C1. The summed E-state index contributed by atoms with van der Waals surface area (Å²) in [5.74, 6) is 0.415. The van der Waals surface area contributed by atoms with Gasteiger partial charge in [-0.3, -0.25) is 4.79 Å². The molecule has 1 aliphatic carbocycles. The predicted molar refractivity (Wildman–Crippen MR) is 99.9 cm³/mol. The third-order valence-corrected chi connectivity index (χ3v) is 5.78. The van der Waals surface area contributed by atoms with Crippen molar-refractivity contribution in [1.29, 1.82) is 0 Å². The molecule has 1 aromatic carbocycles. The highest BCUT2D eigenvalue weighted by molar-refractivity contribution is 6.31. The maximum absolute atomic E-state index is 11.7. The van der Waals surface area contributed by atoms with Crippen molar-refractivity contribution in [2.24, 2.45) is 11.7 Å². The third-order valence-electron chi connectivity index (χ3n) is 5.43. The summed E-state index contributed by atoms with van der Waals surface area (Å²) in [6.45, 7) is 0.801. The van der Waals surface area contributed by atoms with Crippen LogP contribution in [0.4, 0.5) is 0 Å². The lowest BCUT2D eigenvalue weighted by atomic mass is 9.66. The molecule has 0 amide bonds. The van der Waals surface area contributed by atoms with Gasteiger partial charge in [0.25, 0.3) is 0 Å². The normalized spacial score (nSPS) is 23.3. The summed E-state index contributed by atoms with van der Waals surface area (Å²) in [6, 6.07) is 3.88. The Bertz CT molecular complexity index is 669. The number of benzene rings is 1. The van der Waals surface area contributed by atoms with Crippen molar-refractivity contribution in [1.82, 2.24) is 5.32 Å². The minimum absolute atomic E-state index is 0.0255. The Balaban J connectivity index is 1.51. The molecule has 1 heterocycles. The first-order valence-corrected chi connectivity index (χ1v) is 9.35. The molecule has 26 heavy (non-hydrogen) atoms. The second kappa shape index (κ2) is 8.07. The molecule has 1 saturated carbocycles. The van der Waals surface area contributed by atoms with Gasteiger partial charge in [-0.1, -0.05) is 30.8 Å². The van der Waals surface area contributed by atoms with E-state index in [9.17, 15) is 9.90 Å². The van der Waals surface area contributed by atoms with Crippen molar-refractivity contribution in [3.63, 3.8) is 0 Å². The zero-order valence-corrected chi connectivity index (χ0v) is 15.4. The fourth-order valence-electron chi connectivity index (χ4n) is 3.60. The van der Waals surface area contributed by atoms with Gasteiger partial charge in [0.2, 0.25) is 6.79 Å². The first-order valence-electron chi connectivity index (χ1n) is 8.97. The second-order valence-corrected chi connectivity index (χ2v) is 7.54.